The quantitative estimate of drug-likeness (QED) is 0.389. The van der Waals surface area contributed by atoms with Crippen molar-refractivity contribution in [1.82, 2.24) is 4.57 Å². The van der Waals surface area contributed by atoms with Crippen LogP contribution in [0, 0.1) is 13.8 Å². The van der Waals surface area contributed by atoms with Crippen molar-refractivity contribution in [3.05, 3.63) is 71.4 Å². The van der Waals surface area contributed by atoms with Crippen LogP contribution in [0.15, 0.2) is 54.6 Å². The molecule has 0 saturated carbocycles. The van der Waals surface area contributed by atoms with Gasteiger partial charge in [0.25, 0.3) is 0 Å². The second-order valence-corrected chi connectivity index (χ2v) is 7.10. The Hall–Kier alpha value is -3.31. The third kappa shape index (κ3) is 3.23. The van der Waals surface area contributed by atoms with Crippen LogP contribution in [-0.4, -0.2) is 36.0 Å². The summed E-state index contributed by atoms with van der Waals surface area (Å²) in [5.74, 6) is -0.287. The average molecular weight is 389 g/mol. The lowest BCUT2D eigenvalue weighted by Gasteiger charge is -2.11. The van der Waals surface area contributed by atoms with Crippen molar-refractivity contribution in [3.63, 3.8) is 0 Å². The summed E-state index contributed by atoms with van der Waals surface area (Å²) in [6.45, 7) is 4.44. The van der Waals surface area contributed by atoms with Gasteiger partial charge in [0, 0.05) is 34.6 Å². The standard InChI is InChI=1S/C24H23NO4/c1-15-8-10-17(11-9-15)25-16(2)22(24(27)29-13-12-28-3)20-14-21(26)18-6-4-5-7-19(18)23(20)25/h4-11,14,26H,12-13H2,1-3H3. The maximum Gasteiger partial charge on any atom is 0.340 e. The van der Waals surface area contributed by atoms with E-state index in [0.717, 1.165) is 33.2 Å². The number of phenols is 1. The lowest BCUT2D eigenvalue weighted by Crippen LogP contribution is -2.11. The van der Waals surface area contributed by atoms with E-state index in [1.54, 1.807) is 13.2 Å². The largest absolute Gasteiger partial charge is 0.507 e. The molecule has 5 nitrogen and oxygen atoms in total. The van der Waals surface area contributed by atoms with Gasteiger partial charge in [0.2, 0.25) is 0 Å². The number of aromatic nitrogens is 1. The number of aryl methyl sites for hydroxylation is 1. The lowest BCUT2D eigenvalue weighted by atomic mass is 10.0. The summed E-state index contributed by atoms with van der Waals surface area (Å²) in [5.41, 5.74) is 4.20. The molecule has 4 aromatic rings. The Kier molecular flexibility index (Phi) is 4.99. The van der Waals surface area contributed by atoms with E-state index in [1.165, 1.54) is 0 Å². The van der Waals surface area contributed by atoms with Gasteiger partial charge in [-0.05, 0) is 32.0 Å². The minimum absolute atomic E-state index is 0.139. The van der Waals surface area contributed by atoms with Crippen LogP contribution in [0.4, 0.5) is 0 Å². The molecule has 1 aromatic heterocycles. The number of hydrogen-bond acceptors (Lipinski definition) is 4. The summed E-state index contributed by atoms with van der Waals surface area (Å²) < 4.78 is 12.5. The third-order valence-corrected chi connectivity index (χ3v) is 5.20. The van der Waals surface area contributed by atoms with Gasteiger partial charge in [0.1, 0.15) is 12.4 Å². The molecule has 0 unspecified atom stereocenters. The molecule has 0 amide bonds. The van der Waals surface area contributed by atoms with E-state index in [2.05, 4.69) is 4.57 Å². The van der Waals surface area contributed by atoms with Crippen molar-refractivity contribution in [2.45, 2.75) is 13.8 Å². The average Bonchev–Trinajstić information content (AvgIpc) is 3.01. The van der Waals surface area contributed by atoms with Crippen LogP contribution in [0.1, 0.15) is 21.6 Å². The monoisotopic (exact) mass is 389 g/mol. The fourth-order valence-electron chi connectivity index (χ4n) is 3.81. The molecule has 0 radical (unpaired) electrons. The third-order valence-electron chi connectivity index (χ3n) is 5.20. The Morgan fingerprint density at radius 2 is 1.66 bits per heavy atom. The number of hydrogen-bond donors (Lipinski definition) is 1. The number of phenolic OH excluding ortho intramolecular Hbond substituents is 1. The van der Waals surface area contributed by atoms with E-state index < -0.39 is 5.97 Å². The Morgan fingerprint density at radius 3 is 2.34 bits per heavy atom. The van der Waals surface area contributed by atoms with E-state index in [4.69, 9.17) is 9.47 Å². The van der Waals surface area contributed by atoms with Crippen molar-refractivity contribution < 1.29 is 19.4 Å². The van der Waals surface area contributed by atoms with Gasteiger partial charge in [0.15, 0.2) is 0 Å². The second-order valence-electron chi connectivity index (χ2n) is 7.10. The number of fused-ring (bicyclic) bond motifs is 3. The number of aromatic hydroxyl groups is 1. The molecule has 0 bridgehead atoms. The van der Waals surface area contributed by atoms with Gasteiger partial charge in [-0.2, -0.15) is 0 Å². The van der Waals surface area contributed by atoms with Gasteiger partial charge in [-0.15, -0.1) is 0 Å². The highest BCUT2D eigenvalue weighted by atomic mass is 16.6. The van der Waals surface area contributed by atoms with Crippen LogP contribution in [0.2, 0.25) is 0 Å². The van der Waals surface area contributed by atoms with E-state index in [-0.39, 0.29) is 12.4 Å². The lowest BCUT2D eigenvalue weighted by molar-refractivity contribution is 0.0389. The van der Waals surface area contributed by atoms with Crippen molar-refractivity contribution in [2.75, 3.05) is 20.3 Å². The SMILES string of the molecule is COCCOC(=O)c1c(C)n(-c2ccc(C)cc2)c2c1cc(O)c1ccccc12. The van der Waals surface area contributed by atoms with E-state index in [0.29, 0.717) is 17.6 Å². The molecule has 1 N–H and O–H groups in total. The minimum Gasteiger partial charge on any atom is -0.507 e. The Morgan fingerprint density at radius 1 is 0.966 bits per heavy atom. The van der Waals surface area contributed by atoms with E-state index in [1.807, 2.05) is 62.4 Å². The highest BCUT2D eigenvalue weighted by Gasteiger charge is 2.24. The first-order valence-corrected chi connectivity index (χ1v) is 9.51. The van der Waals surface area contributed by atoms with Gasteiger partial charge in [-0.1, -0.05) is 42.0 Å². The topological polar surface area (TPSA) is 60.7 Å². The number of ether oxygens (including phenoxy) is 2. The normalized spacial score (nSPS) is 11.3. The predicted molar refractivity (Wildman–Crippen MR) is 114 cm³/mol. The van der Waals surface area contributed by atoms with Crippen LogP contribution in [0.25, 0.3) is 27.4 Å². The van der Waals surface area contributed by atoms with Gasteiger partial charge < -0.3 is 19.1 Å². The molecule has 0 spiro atoms. The first-order chi connectivity index (χ1) is 14.0. The van der Waals surface area contributed by atoms with Crippen LogP contribution < -0.4 is 0 Å². The Balaban J connectivity index is 2.05. The summed E-state index contributed by atoms with van der Waals surface area (Å²) in [5, 5.41) is 12.9. The summed E-state index contributed by atoms with van der Waals surface area (Å²) in [6, 6.07) is 17.5. The maximum absolute atomic E-state index is 12.9. The smallest absolute Gasteiger partial charge is 0.340 e. The maximum atomic E-state index is 12.9. The number of carbonyl (C=O) groups is 1. The molecule has 0 aliphatic rings. The molecule has 0 saturated heterocycles. The fraction of sp³-hybridized carbons (Fsp3) is 0.208. The van der Waals surface area contributed by atoms with Crippen molar-refractivity contribution >= 4 is 27.6 Å². The number of benzene rings is 3. The molecular formula is C24H23NO4. The molecule has 4 rings (SSSR count). The summed E-state index contributed by atoms with van der Waals surface area (Å²) in [6.07, 6.45) is 0. The van der Waals surface area contributed by atoms with Crippen molar-refractivity contribution in [2.24, 2.45) is 0 Å². The summed E-state index contributed by atoms with van der Waals surface area (Å²) in [4.78, 5) is 12.9. The van der Waals surface area contributed by atoms with Crippen LogP contribution >= 0.6 is 0 Å². The van der Waals surface area contributed by atoms with Gasteiger partial charge in [-0.25, -0.2) is 4.79 Å². The zero-order chi connectivity index (χ0) is 20.5. The minimum atomic E-state index is -0.426. The Labute approximate surface area is 169 Å². The molecule has 0 atom stereocenters. The number of nitrogens with zero attached hydrogens (tertiary/aromatic N) is 1. The van der Waals surface area contributed by atoms with Crippen molar-refractivity contribution in [3.8, 4) is 11.4 Å². The van der Waals surface area contributed by atoms with Gasteiger partial charge >= 0.3 is 5.97 Å². The summed E-state index contributed by atoms with van der Waals surface area (Å²) >= 11 is 0. The van der Waals surface area contributed by atoms with Gasteiger partial charge in [-0.3, -0.25) is 0 Å². The number of methoxy groups -OCH3 is 1. The van der Waals surface area contributed by atoms with Crippen LogP contribution in [-0.2, 0) is 9.47 Å². The molecule has 1 heterocycles. The Bertz CT molecular complexity index is 1210. The number of rotatable bonds is 5. The molecular weight excluding hydrogens is 366 g/mol. The molecule has 5 heteroatoms. The first kappa shape index (κ1) is 19.0. The zero-order valence-electron chi connectivity index (χ0n) is 16.7. The molecule has 0 fully saturated rings. The summed E-state index contributed by atoms with van der Waals surface area (Å²) in [7, 11) is 1.56. The zero-order valence-corrected chi connectivity index (χ0v) is 16.7. The molecule has 148 valence electrons. The fourth-order valence-corrected chi connectivity index (χ4v) is 3.81. The molecule has 0 aliphatic heterocycles. The first-order valence-electron chi connectivity index (χ1n) is 9.51. The van der Waals surface area contributed by atoms with E-state index in [9.17, 15) is 9.90 Å². The van der Waals surface area contributed by atoms with Crippen LogP contribution in [0.5, 0.6) is 5.75 Å². The molecule has 0 aliphatic carbocycles. The van der Waals surface area contributed by atoms with Gasteiger partial charge in [0.05, 0.1) is 17.7 Å². The number of esters is 1. The number of carbonyl (C=O) groups excluding carboxylic acids is 1. The highest BCUT2D eigenvalue weighted by molar-refractivity contribution is 6.16. The molecule has 29 heavy (non-hydrogen) atoms. The van der Waals surface area contributed by atoms with Crippen LogP contribution in [0.3, 0.4) is 0 Å². The van der Waals surface area contributed by atoms with Crippen molar-refractivity contribution in [1.29, 1.82) is 0 Å². The highest BCUT2D eigenvalue weighted by Crippen LogP contribution is 2.39. The molecule has 3 aromatic carbocycles. The predicted octanol–water partition coefficient (Wildman–Crippen LogP) is 4.91. The van der Waals surface area contributed by atoms with E-state index >= 15 is 0 Å². The second kappa shape index (κ2) is 7.60.